The quantitative estimate of drug-likeness (QED) is 0.0236. The van der Waals surface area contributed by atoms with Gasteiger partial charge in [-0.25, -0.2) is 4.79 Å². The monoisotopic (exact) mass is 1260 g/mol. The van der Waals surface area contributed by atoms with Crippen molar-refractivity contribution >= 4 is 93.6 Å². The van der Waals surface area contributed by atoms with Gasteiger partial charge in [-0.3, -0.25) is 53.2 Å². The molecule has 0 unspecified atom stereocenters. The predicted molar refractivity (Wildman–Crippen MR) is 284 cm³/mol. The molecule has 0 bridgehead atoms. The summed E-state index contributed by atoms with van der Waals surface area (Å²) in [6.07, 6.45) is 1.20. The van der Waals surface area contributed by atoms with Gasteiger partial charge < -0.3 is 66.5 Å². The van der Waals surface area contributed by atoms with Gasteiger partial charge in [0.15, 0.2) is 5.11 Å². The number of aliphatic carboxylic acids is 4. The van der Waals surface area contributed by atoms with Crippen molar-refractivity contribution in [3.05, 3.63) is 59.7 Å². The number of hydrogen-bond donors (Lipinski definition) is 10. The van der Waals surface area contributed by atoms with E-state index in [1.54, 1.807) is 57.2 Å². The van der Waals surface area contributed by atoms with E-state index in [-0.39, 0.29) is 176 Å². The molecule has 0 radical (unpaired) electrons. The van der Waals surface area contributed by atoms with E-state index >= 15 is 0 Å². The smallest absolute Gasteiger partial charge is 0.326 e. The van der Waals surface area contributed by atoms with Gasteiger partial charge in [-0.2, -0.15) is 4.99 Å². The Morgan fingerprint density at radius 3 is 1.71 bits per heavy atom. The molecule has 1 heterocycles. The normalized spacial score (nSPS) is 14.1. The predicted octanol–water partition coefficient (Wildman–Crippen LogP) is -0.865. The van der Waals surface area contributed by atoms with Gasteiger partial charge in [0.05, 0.1) is 76.6 Å². The minimum atomic E-state index is -1.21. The number of ether oxygens (including phenoxy) is 3. The summed E-state index contributed by atoms with van der Waals surface area (Å²) in [6.45, 7) is 2.47. The van der Waals surface area contributed by atoms with Crippen LogP contribution in [0.1, 0.15) is 35.2 Å². The Bertz CT molecular complexity index is 2240. The second-order valence-corrected chi connectivity index (χ2v) is 17.7. The van der Waals surface area contributed by atoms with E-state index in [4.69, 9.17) is 26.4 Å². The van der Waals surface area contributed by atoms with E-state index < -0.39 is 54.2 Å². The number of amides is 4. The number of benzene rings is 2. The first-order valence-electron chi connectivity index (χ1n) is 24.4. The summed E-state index contributed by atoms with van der Waals surface area (Å²) in [5, 5.41) is 57.0. The minimum absolute atomic E-state index is 0. The van der Waals surface area contributed by atoms with Crippen molar-refractivity contribution in [1.29, 1.82) is 0 Å². The fourth-order valence-corrected chi connectivity index (χ4v) is 7.60. The van der Waals surface area contributed by atoms with E-state index in [2.05, 4.69) is 54.3 Å². The summed E-state index contributed by atoms with van der Waals surface area (Å²) >= 11 is 9.90. The molecule has 0 saturated carbocycles. The maximum Gasteiger partial charge on any atom is 0.326 e. The molecular formula is C48H69GdN11O15S2. The largest absolute Gasteiger partial charge is 0.480 e. The van der Waals surface area contributed by atoms with Gasteiger partial charge in [-0.1, -0.05) is 12.1 Å². The Morgan fingerprint density at radius 1 is 0.623 bits per heavy atom. The molecule has 1 saturated heterocycles. The molecule has 0 aromatic heterocycles. The Balaban J connectivity index is 0.0000203. The number of carbonyl (C=O) groups is 8. The van der Waals surface area contributed by atoms with Gasteiger partial charge >= 0.3 is 23.9 Å². The molecule has 1 fully saturated rings. The van der Waals surface area contributed by atoms with E-state index in [0.29, 0.717) is 48.8 Å². The summed E-state index contributed by atoms with van der Waals surface area (Å²) in [4.78, 5) is 108. The molecule has 4 amide bonds. The molecule has 1 aliphatic rings. The fourth-order valence-electron chi connectivity index (χ4n) is 7.27. The average Bonchev–Trinajstić information content (AvgIpc) is 3.37. The van der Waals surface area contributed by atoms with E-state index in [9.17, 15) is 58.8 Å². The van der Waals surface area contributed by atoms with Crippen LogP contribution in [0.15, 0.2) is 53.5 Å². The average molecular weight is 1260 g/mol. The maximum absolute atomic E-state index is 12.8. The van der Waals surface area contributed by atoms with Crippen LogP contribution < -0.4 is 31.9 Å². The minimum Gasteiger partial charge on any atom is -0.480 e. The molecule has 1 atom stereocenters. The zero-order chi connectivity index (χ0) is 55.5. The second kappa shape index (κ2) is 40.0. The third-order valence-corrected chi connectivity index (χ3v) is 11.5. The summed E-state index contributed by atoms with van der Waals surface area (Å²) in [7, 11) is 0. The zero-order valence-electron chi connectivity index (χ0n) is 42.6. The van der Waals surface area contributed by atoms with E-state index in [1.165, 1.54) is 6.07 Å². The molecule has 77 heavy (non-hydrogen) atoms. The van der Waals surface area contributed by atoms with Gasteiger partial charge in [0.1, 0.15) is 12.6 Å². The second-order valence-electron chi connectivity index (χ2n) is 17.2. The number of nitrogens with one attached hydrogen (secondary N) is 6. The van der Waals surface area contributed by atoms with Crippen LogP contribution in [0.3, 0.4) is 0 Å². The number of isothiocyanates is 1. The van der Waals surface area contributed by atoms with Crippen molar-refractivity contribution in [1.82, 2.24) is 46.2 Å². The Hall–Kier alpha value is -5.27. The van der Waals surface area contributed by atoms with Gasteiger partial charge in [0.25, 0.3) is 5.91 Å². The molecular weight excluding hydrogens is 1190 g/mol. The molecule has 0 aliphatic carbocycles. The first-order valence-corrected chi connectivity index (χ1v) is 25.2. The van der Waals surface area contributed by atoms with Crippen LogP contribution in [0.4, 0.5) is 11.4 Å². The molecule has 0 spiro atoms. The molecule has 10 N–H and O–H groups in total. The molecule has 29 heteroatoms. The summed E-state index contributed by atoms with van der Waals surface area (Å²) < 4.78 is 16.4. The maximum atomic E-state index is 12.8. The third kappa shape index (κ3) is 32.3. The summed E-state index contributed by atoms with van der Waals surface area (Å²) in [6, 6.07) is 12.3. The molecule has 3 rings (SSSR count). The van der Waals surface area contributed by atoms with Gasteiger partial charge in [-0.15, -0.1) is 0 Å². The van der Waals surface area contributed by atoms with Crippen LogP contribution in [0.25, 0.3) is 0 Å². The number of nitrogens with zero attached hydrogens (tertiary/aromatic N) is 5. The van der Waals surface area contributed by atoms with E-state index in [0.717, 1.165) is 5.69 Å². The zero-order valence-corrected chi connectivity index (χ0v) is 46.5. The van der Waals surface area contributed by atoms with Gasteiger partial charge in [0.2, 0.25) is 17.7 Å². The number of hydrogen-bond acceptors (Lipinski definition) is 18. The third-order valence-electron chi connectivity index (χ3n) is 11.1. The van der Waals surface area contributed by atoms with Crippen LogP contribution in [-0.2, 0) is 54.3 Å². The van der Waals surface area contributed by atoms with Gasteiger partial charge in [-0.05, 0) is 85.7 Å². The Kier molecular flexibility index (Phi) is 35.2. The van der Waals surface area contributed by atoms with Crippen molar-refractivity contribution in [2.75, 3.05) is 143 Å². The number of carbonyl (C=O) groups excluding carboxylic acids is 4. The molecule has 2 aromatic carbocycles. The number of aliphatic imine (C=N–C) groups is 1. The van der Waals surface area contributed by atoms with E-state index in [1.807, 2.05) is 4.90 Å². The number of anilines is 1. The van der Waals surface area contributed by atoms with Crippen molar-refractivity contribution < 1.29 is 113 Å². The van der Waals surface area contributed by atoms with Crippen LogP contribution >= 0.6 is 24.4 Å². The SMILES string of the molecule is O=C(O)CN1CCN(CC(=O)O)CCN(CC(=O)NCCOCCOCCOCC(=O)NCc2cccc(C(=O)NCC(=O)N[C@@H](CCCCNC(=S)Nc3ccc(N=C=S)cc3)C(=O)O)c2)CCN(CC(=O)O)CC1.[Gd]. The van der Waals surface area contributed by atoms with Crippen LogP contribution in [0, 0.1) is 39.9 Å². The number of unbranched alkanes of at least 4 members (excludes halogenated alkanes) is 1. The Morgan fingerprint density at radius 2 is 1.17 bits per heavy atom. The standard InChI is InChI=1S/C48H69N11O15S2.Gd/c60-40(55-39(47(70)71)6-1-2-11-50-48(76)54-38-9-7-37(8-10-38)53-34-75)28-52-46(69)36-5-3-4-35(26-36)27-51-42(62)33-74-25-24-73-23-22-72-21-12-49-41(61)29-56-13-15-57(30-43(63)64)17-19-59(32-45(67)68)20-18-58(16-14-56)31-44(65)66;/h3-5,7-10,26,39H,1-2,6,11-25,27-33H2,(H,49,61)(H,51,62)(H,52,69)(H,55,60)(H,63,64)(H,65,66)(H,67,68)(H,70,71)(H2,50,54,76);/t39-;/m0./s1. The van der Waals surface area contributed by atoms with Gasteiger partial charge in [0, 0.05) is 123 Å². The first kappa shape index (κ1) is 67.8. The summed E-state index contributed by atoms with van der Waals surface area (Å²) in [5.41, 5.74) is 2.23. The first-order chi connectivity index (χ1) is 36.5. The summed E-state index contributed by atoms with van der Waals surface area (Å²) in [5.74, 6) is -6.29. The molecule has 426 valence electrons. The number of rotatable bonds is 33. The topological polar surface area (TPSA) is 343 Å². The Labute approximate surface area is 489 Å². The molecule has 26 nitrogen and oxygen atoms in total. The van der Waals surface area contributed by atoms with Crippen molar-refractivity contribution in [3.8, 4) is 0 Å². The van der Waals surface area contributed by atoms with Crippen LogP contribution in [0.2, 0.25) is 0 Å². The van der Waals surface area contributed by atoms with Crippen LogP contribution in [-0.4, -0.2) is 242 Å². The molecule has 1 aliphatic heterocycles. The van der Waals surface area contributed by atoms with Crippen molar-refractivity contribution in [2.45, 2.75) is 31.8 Å². The number of carboxylic acid groups (broad SMARTS) is 4. The number of thiocarbonyl (C=S) groups is 2. The fraction of sp³-hybridized carbons (Fsp3) is 0.542. The molecule has 2 aromatic rings. The number of carboxylic acids is 4. The van der Waals surface area contributed by atoms with Crippen molar-refractivity contribution in [2.24, 2.45) is 4.99 Å². The van der Waals surface area contributed by atoms with Crippen LogP contribution in [0.5, 0.6) is 0 Å². The van der Waals surface area contributed by atoms with Crippen molar-refractivity contribution in [3.63, 3.8) is 0 Å².